The largest absolute Gasteiger partial charge is 0.379 e. The smallest absolute Gasteiger partial charge is 0.243 e. The molecule has 1 atom stereocenters. The SMILES string of the molecule is O=S(=O)(c1ccc2c(c1)nc(-c1ccc(Cl)cc1Cl)n2CC1CCCO1)N1CCOCC1. The summed E-state index contributed by atoms with van der Waals surface area (Å²) in [4.78, 5) is 5.03. The Morgan fingerprint density at radius 3 is 2.59 bits per heavy atom. The van der Waals surface area contributed by atoms with Gasteiger partial charge in [0.15, 0.2) is 0 Å². The van der Waals surface area contributed by atoms with E-state index in [-0.39, 0.29) is 11.0 Å². The number of nitrogens with zero attached hydrogens (tertiary/aromatic N) is 3. The molecule has 2 aromatic carbocycles. The van der Waals surface area contributed by atoms with Crippen LogP contribution >= 0.6 is 23.2 Å². The average molecular weight is 496 g/mol. The Morgan fingerprint density at radius 2 is 1.88 bits per heavy atom. The van der Waals surface area contributed by atoms with E-state index in [2.05, 4.69) is 4.57 Å². The first-order valence-electron chi connectivity index (χ1n) is 10.6. The molecule has 2 aliphatic heterocycles. The Labute approximate surface area is 196 Å². The van der Waals surface area contributed by atoms with Gasteiger partial charge in [-0.15, -0.1) is 0 Å². The minimum atomic E-state index is -3.62. The van der Waals surface area contributed by atoms with E-state index in [9.17, 15) is 8.42 Å². The van der Waals surface area contributed by atoms with E-state index >= 15 is 0 Å². The highest BCUT2D eigenvalue weighted by Gasteiger charge is 2.28. The van der Waals surface area contributed by atoms with Gasteiger partial charge < -0.3 is 14.0 Å². The first-order valence-corrected chi connectivity index (χ1v) is 12.8. The molecule has 0 N–H and O–H groups in total. The first kappa shape index (κ1) is 22.1. The number of morpholine rings is 1. The Hall–Kier alpha value is -1.68. The van der Waals surface area contributed by atoms with Gasteiger partial charge in [0, 0.05) is 30.3 Å². The van der Waals surface area contributed by atoms with Crippen LogP contribution in [0.25, 0.3) is 22.4 Å². The topological polar surface area (TPSA) is 73.7 Å². The number of fused-ring (bicyclic) bond motifs is 1. The van der Waals surface area contributed by atoms with Crippen LogP contribution in [-0.2, 0) is 26.0 Å². The molecular weight excluding hydrogens is 473 g/mol. The fraction of sp³-hybridized carbons (Fsp3) is 0.409. The average Bonchev–Trinajstić information content (AvgIpc) is 3.42. The molecule has 2 fully saturated rings. The lowest BCUT2D eigenvalue weighted by Gasteiger charge is -2.26. The van der Waals surface area contributed by atoms with Gasteiger partial charge in [-0.3, -0.25) is 0 Å². The summed E-state index contributed by atoms with van der Waals surface area (Å²) in [6.07, 6.45) is 2.07. The third kappa shape index (κ3) is 4.16. The summed E-state index contributed by atoms with van der Waals surface area (Å²) in [5.74, 6) is 0.665. The number of ether oxygens (including phenoxy) is 2. The van der Waals surface area contributed by atoms with Crippen LogP contribution in [0.1, 0.15) is 12.8 Å². The minimum absolute atomic E-state index is 0.0778. The Balaban J connectivity index is 1.61. The molecule has 3 aromatic rings. The molecule has 0 saturated carbocycles. The van der Waals surface area contributed by atoms with E-state index in [1.807, 2.05) is 12.1 Å². The fourth-order valence-electron chi connectivity index (χ4n) is 4.26. The highest BCUT2D eigenvalue weighted by molar-refractivity contribution is 7.89. The van der Waals surface area contributed by atoms with Crippen molar-refractivity contribution in [3.63, 3.8) is 0 Å². The lowest BCUT2D eigenvalue weighted by Crippen LogP contribution is -2.40. The van der Waals surface area contributed by atoms with E-state index in [0.29, 0.717) is 54.2 Å². The number of aromatic nitrogens is 2. The number of hydrogen-bond donors (Lipinski definition) is 0. The molecule has 0 bridgehead atoms. The molecule has 0 amide bonds. The van der Waals surface area contributed by atoms with Gasteiger partial charge in [-0.05, 0) is 49.2 Å². The van der Waals surface area contributed by atoms with Crippen molar-refractivity contribution < 1.29 is 17.9 Å². The van der Waals surface area contributed by atoms with Gasteiger partial charge in [-0.25, -0.2) is 13.4 Å². The van der Waals surface area contributed by atoms with Gasteiger partial charge in [-0.1, -0.05) is 23.2 Å². The Bertz CT molecular complexity index is 1250. The summed E-state index contributed by atoms with van der Waals surface area (Å²) in [5, 5.41) is 1.03. The maximum atomic E-state index is 13.1. The molecule has 170 valence electrons. The summed E-state index contributed by atoms with van der Waals surface area (Å²) in [6, 6.07) is 10.4. The number of benzene rings is 2. The van der Waals surface area contributed by atoms with Crippen molar-refractivity contribution in [1.29, 1.82) is 0 Å². The standard InChI is InChI=1S/C22H23Cl2N3O4S/c23-15-3-5-18(19(24)12-15)22-25-20-13-17(32(28,29)26-7-10-30-11-8-26)4-6-21(20)27(22)14-16-2-1-9-31-16/h3-6,12-13,16H,1-2,7-11,14H2. The predicted octanol–water partition coefficient (Wildman–Crippen LogP) is 4.21. The Morgan fingerprint density at radius 1 is 1.06 bits per heavy atom. The third-order valence-corrected chi connectivity index (χ3v) is 8.35. The van der Waals surface area contributed by atoms with Crippen LogP contribution in [0.15, 0.2) is 41.3 Å². The maximum Gasteiger partial charge on any atom is 0.243 e. The number of imidazole rings is 1. The number of halogens is 2. The van der Waals surface area contributed by atoms with Crippen LogP contribution in [0.2, 0.25) is 10.0 Å². The molecule has 2 aliphatic rings. The summed E-state index contributed by atoms with van der Waals surface area (Å²) in [7, 11) is -3.62. The highest BCUT2D eigenvalue weighted by Crippen LogP contribution is 2.34. The van der Waals surface area contributed by atoms with Crippen molar-refractivity contribution in [1.82, 2.24) is 13.9 Å². The first-order chi connectivity index (χ1) is 15.4. The maximum absolute atomic E-state index is 13.1. The zero-order valence-corrected chi connectivity index (χ0v) is 19.7. The quantitative estimate of drug-likeness (QED) is 0.529. The van der Waals surface area contributed by atoms with Crippen molar-refractivity contribution >= 4 is 44.3 Å². The van der Waals surface area contributed by atoms with Gasteiger partial charge in [-0.2, -0.15) is 4.31 Å². The van der Waals surface area contributed by atoms with Crippen molar-refractivity contribution in [3.8, 4) is 11.4 Å². The van der Waals surface area contributed by atoms with E-state index in [1.54, 1.807) is 24.3 Å². The molecule has 0 spiro atoms. The van der Waals surface area contributed by atoms with Gasteiger partial charge in [0.1, 0.15) is 5.82 Å². The van der Waals surface area contributed by atoms with Crippen molar-refractivity contribution in [2.24, 2.45) is 0 Å². The molecular formula is C22H23Cl2N3O4S. The Kier molecular flexibility index (Phi) is 6.17. The summed E-state index contributed by atoms with van der Waals surface area (Å²) in [5.41, 5.74) is 2.17. The van der Waals surface area contributed by atoms with Gasteiger partial charge >= 0.3 is 0 Å². The zero-order valence-electron chi connectivity index (χ0n) is 17.3. The molecule has 1 unspecified atom stereocenters. The molecule has 1 aromatic heterocycles. The molecule has 10 heteroatoms. The van der Waals surface area contributed by atoms with Crippen LogP contribution in [0, 0.1) is 0 Å². The number of rotatable bonds is 5. The second kappa shape index (κ2) is 8.93. The molecule has 5 rings (SSSR count). The zero-order chi connectivity index (χ0) is 22.3. The van der Waals surface area contributed by atoms with Gasteiger partial charge in [0.05, 0.1) is 46.8 Å². The lowest BCUT2D eigenvalue weighted by atomic mass is 10.2. The lowest BCUT2D eigenvalue weighted by molar-refractivity contribution is 0.0730. The molecule has 3 heterocycles. The summed E-state index contributed by atoms with van der Waals surface area (Å²) >= 11 is 12.6. The van der Waals surface area contributed by atoms with Crippen LogP contribution in [0.3, 0.4) is 0 Å². The van der Waals surface area contributed by atoms with E-state index in [1.165, 1.54) is 4.31 Å². The van der Waals surface area contributed by atoms with Gasteiger partial charge in [0.2, 0.25) is 10.0 Å². The van der Waals surface area contributed by atoms with Crippen LogP contribution in [0.4, 0.5) is 0 Å². The summed E-state index contributed by atoms with van der Waals surface area (Å²) < 4.78 is 41.0. The van der Waals surface area contributed by atoms with E-state index < -0.39 is 10.0 Å². The monoisotopic (exact) mass is 495 g/mol. The van der Waals surface area contributed by atoms with Crippen molar-refractivity contribution in [3.05, 3.63) is 46.4 Å². The van der Waals surface area contributed by atoms with E-state index in [0.717, 1.165) is 30.5 Å². The molecule has 0 aliphatic carbocycles. The molecule has 7 nitrogen and oxygen atoms in total. The van der Waals surface area contributed by atoms with Crippen molar-refractivity contribution in [2.75, 3.05) is 32.9 Å². The molecule has 32 heavy (non-hydrogen) atoms. The second-order valence-electron chi connectivity index (χ2n) is 7.97. The van der Waals surface area contributed by atoms with E-state index in [4.69, 9.17) is 37.7 Å². The van der Waals surface area contributed by atoms with Crippen LogP contribution in [-0.4, -0.2) is 61.3 Å². The molecule has 0 radical (unpaired) electrons. The number of hydrogen-bond acceptors (Lipinski definition) is 5. The highest BCUT2D eigenvalue weighted by atomic mass is 35.5. The minimum Gasteiger partial charge on any atom is -0.379 e. The van der Waals surface area contributed by atoms with Crippen molar-refractivity contribution in [2.45, 2.75) is 30.4 Å². The van der Waals surface area contributed by atoms with Crippen LogP contribution < -0.4 is 0 Å². The van der Waals surface area contributed by atoms with Gasteiger partial charge in [0.25, 0.3) is 0 Å². The normalized spacial score (nSPS) is 20.2. The fourth-order valence-corrected chi connectivity index (χ4v) is 6.18. The number of sulfonamides is 1. The third-order valence-electron chi connectivity index (χ3n) is 5.91. The van der Waals surface area contributed by atoms with Crippen LogP contribution in [0.5, 0.6) is 0 Å². The predicted molar refractivity (Wildman–Crippen MR) is 124 cm³/mol. The second-order valence-corrected chi connectivity index (χ2v) is 10.8. The molecule has 2 saturated heterocycles. The summed E-state index contributed by atoms with van der Waals surface area (Å²) in [6.45, 7) is 2.85.